The van der Waals surface area contributed by atoms with Gasteiger partial charge in [-0.1, -0.05) is 35.5 Å². The van der Waals surface area contributed by atoms with Crippen molar-refractivity contribution in [3.63, 3.8) is 0 Å². The molecule has 0 aliphatic carbocycles. The second kappa shape index (κ2) is 11.4. The lowest BCUT2D eigenvalue weighted by Crippen LogP contribution is -2.40. The summed E-state index contributed by atoms with van der Waals surface area (Å²) in [5.41, 5.74) is 2.01. The van der Waals surface area contributed by atoms with Gasteiger partial charge in [0.25, 0.3) is 5.56 Å². The molecule has 1 aliphatic rings. The molecule has 1 aromatic heterocycles. The molecule has 2 aromatic carbocycles. The van der Waals surface area contributed by atoms with Crippen LogP contribution < -0.4 is 29.1 Å². The standard InChI is InChI=1S/C29H28N2O6S/c1-7-14-36-22-13-8-19(15-23(22)35-6)16-24-27(32)31-26(20-9-11-21(34-5)12-10-20)25(28(33)37-17(2)3)18(4)30-29(31)38-24/h1,8-13,15-17,26H,14H2,2-6H3. The molecule has 1 atom stereocenters. The third kappa shape index (κ3) is 5.36. The summed E-state index contributed by atoms with van der Waals surface area (Å²) in [6, 6.07) is 11.9. The lowest BCUT2D eigenvalue weighted by atomic mass is 9.96. The van der Waals surface area contributed by atoms with Gasteiger partial charge in [0.15, 0.2) is 16.3 Å². The van der Waals surface area contributed by atoms with Gasteiger partial charge >= 0.3 is 5.97 Å². The highest BCUT2D eigenvalue weighted by atomic mass is 32.1. The van der Waals surface area contributed by atoms with Gasteiger partial charge in [-0.15, -0.1) is 6.42 Å². The fourth-order valence-corrected chi connectivity index (χ4v) is 5.17. The number of hydrogen-bond acceptors (Lipinski definition) is 8. The molecule has 0 amide bonds. The van der Waals surface area contributed by atoms with Crippen molar-refractivity contribution in [1.82, 2.24) is 4.57 Å². The number of ether oxygens (including phenoxy) is 4. The molecule has 3 aromatic rings. The summed E-state index contributed by atoms with van der Waals surface area (Å²) < 4.78 is 23.8. The summed E-state index contributed by atoms with van der Waals surface area (Å²) in [5, 5.41) is 0. The summed E-state index contributed by atoms with van der Waals surface area (Å²) >= 11 is 1.24. The number of nitrogens with zero attached hydrogens (tertiary/aromatic N) is 2. The number of fused-ring (bicyclic) bond motifs is 1. The molecule has 1 aliphatic heterocycles. The maximum Gasteiger partial charge on any atom is 0.338 e. The summed E-state index contributed by atoms with van der Waals surface area (Å²) in [7, 11) is 3.11. The van der Waals surface area contributed by atoms with Gasteiger partial charge in [0.05, 0.1) is 42.2 Å². The summed E-state index contributed by atoms with van der Waals surface area (Å²) in [6.07, 6.45) is 6.72. The molecule has 4 rings (SSSR count). The molecule has 1 unspecified atom stereocenters. The van der Waals surface area contributed by atoms with Gasteiger partial charge in [-0.2, -0.15) is 0 Å². The van der Waals surface area contributed by atoms with Crippen molar-refractivity contribution >= 4 is 23.4 Å². The Labute approximate surface area is 224 Å². The Morgan fingerprint density at radius 1 is 1.16 bits per heavy atom. The van der Waals surface area contributed by atoms with Crippen LogP contribution in [-0.2, 0) is 9.53 Å². The van der Waals surface area contributed by atoms with E-state index in [4.69, 9.17) is 25.4 Å². The molecule has 38 heavy (non-hydrogen) atoms. The van der Waals surface area contributed by atoms with Crippen molar-refractivity contribution in [3.05, 3.63) is 84.5 Å². The number of carbonyl (C=O) groups is 1. The van der Waals surface area contributed by atoms with Crippen LogP contribution in [0.2, 0.25) is 0 Å². The summed E-state index contributed by atoms with van der Waals surface area (Å²) in [6.45, 7) is 5.43. The van der Waals surface area contributed by atoms with Crippen molar-refractivity contribution in [2.75, 3.05) is 20.8 Å². The van der Waals surface area contributed by atoms with Crippen LogP contribution in [0.5, 0.6) is 17.2 Å². The lowest BCUT2D eigenvalue weighted by Gasteiger charge is -2.25. The molecule has 0 spiro atoms. The molecular formula is C29H28N2O6S. The van der Waals surface area contributed by atoms with Crippen molar-refractivity contribution in [2.45, 2.75) is 32.9 Å². The molecular weight excluding hydrogens is 504 g/mol. The number of aromatic nitrogens is 1. The van der Waals surface area contributed by atoms with Gasteiger partial charge in [-0.3, -0.25) is 9.36 Å². The monoisotopic (exact) mass is 532 g/mol. The number of allylic oxidation sites excluding steroid dienone is 1. The Morgan fingerprint density at radius 3 is 2.53 bits per heavy atom. The zero-order chi connectivity index (χ0) is 27.4. The fraction of sp³-hybridized carbons (Fsp3) is 0.276. The molecule has 8 nitrogen and oxygen atoms in total. The maximum absolute atomic E-state index is 13.8. The molecule has 9 heteroatoms. The van der Waals surface area contributed by atoms with E-state index < -0.39 is 12.0 Å². The Balaban J connectivity index is 1.87. The average Bonchev–Trinajstić information content (AvgIpc) is 3.20. The lowest BCUT2D eigenvalue weighted by molar-refractivity contribution is -0.143. The minimum absolute atomic E-state index is 0.112. The van der Waals surface area contributed by atoms with E-state index in [1.165, 1.54) is 18.4 Å². The van der Waals surface area contributed by atoms with Crippen LogP contribution in [0.1, 0.15) is 37.9 Å². The van der Waals surface area contributed by atoms with Crippen LogP contribution in [0, 0.1) is 12.3 Å². The van der Waals surface area contributed by atoms with E-state index in [1.54, 1.807) is 62.8 Å². The summed E-state index contributed by atoms with van der Waals surface area (Å²) in [4.78, 5) is 32.1. The van der Waals surface area contributed by atoms with Crippen LogP contribution in [0.3, 0.4) is 0 Å². The number of carbonyl (C=O) groups excluding carboxylic acids is 1. The average molecular weight is 533 g/mol. The Morgan fingerprint density at radius 2 is 1.89 bits per heavy atom. The molecule has 0 radical (unpaired) electrons. The Kier molecular flexibility index (Phi) is 8.03. The number of esters is 1. The van der Waals surface area contributed by atoms with Gasteiger partial charge < -0.3 is 18.9 Å². The second-order valence-corrected chi connectivity index (χ2v) is 9.72. The molecule has 0 saturated carbocycles. The van der Waals surface area contributed by atoms with E-state index in [9.17, 15) is 9.59 Å². The molecule has 0 bridgehead atoms. The Bertz CT molecular complexity index is 1610. The van der Waals surface area contributed by atoms with Crippen LogP contribution in [0.15, 0.2) is 63.5 Å². The van der Waals surface area contributed by atoms with Crippen molar-refractivity contribution < 1.29 is 23.7 Å². The van der Waals surface area contributed by atoms with Crippen LogP contribution >= 0.6 is 11.3 Å². The van der Waals surface area contributed by atoms with Crippen LogP contribution in [0.4, 0.5) is 0 Å². The van der Waals surface area contributed by atoms with E-state index >= 15 is 0 Å². The van der Waals surface area contributed by atoms with Gasteiger partial charge in [-0.25, -0.2) is 9.79 Å². The maximum atomic E-state index is 13.8. The zero-order valence-electron chi connectivity index (χ0n) is 21.8. The van der Waals surface area contributed by atoms with Crippen molar-refractivity contribution in [1.29, 1.82) is 0 Å². The van der Waals surface area contributed by atoms with E-state index in [-0.39, 0.29) is 18.3 Å². The third-order valence-electron chi connectivity index (χ3n) is 5.81. The number of terminal acetylenes is 1. The van der Waals surface area contributed by atoms with Crippen LogP contribution in [-0.4, -0.2) is 37.5 Å². The number of hydrogen-bond donors (Lipinski definition) is 0. The van der Waals surface area contributed by atoms with E-state index in [0.717, 1.165) is 11.1 Å². The predicted octanol–water partition coefficient (Wildman–Crippen LogP) is 3.22. The summed E-state index contributed by atoms with van der Waals surface area (Å²) in [5.74, 6) is 3.58. The first kappa shape index (κ1) is 26.8. The number of rotatable bonds is 8. The first-order valence-electron chi connectivity index (χ1n) is 11.9. The number of methoxy groups -OCH3 is 2. The van der Waals surface area contributed by atoms with Crippen LogP contribution in [0.25, 0.3) is 6.08 Å². The third-order valence-corrected chi connectivity index (χ3v) is 6.80. The molecule has 196 valence electrons. The van der Waals surface area contributed by atoms with E-state index in [1.807, 2.05) is 18.2 Å². The molecule has 2 heterocycles. The fourth-order valence-electron chi connectivity index (χ4n) is 4.13. The first-order chi connectivity index (χ1) is 18.3. The van der Waals surface area contributed by atoms with Gasteiger partial charge in [0, 0.05) is 0 Å². The number of thiazole rings is 1. The molecule has 0 fully saturated rings. The Hall–Kier alpha value is -4.29. The predicted molar refractivity (Wildman–Crippen MR) is 145 cm³/mol. The first-order valence-corrected chi connectivity index (χ1v) is 12.7. The highest BCUT2D eigenvalue weighted by molar-refractivity contribution is 7.07. The van der Waals surface area contributed by atoms with Gasteiger partial charge in [0.1, 0.15) is 12.4 Å². The van der Waals surface area contributed by atoms with Crippen molar-refractivity contribution in [2.24, 2.45) is 4.99 Å². The quantitative estimate of drug-likeness (QED) is 0.327. The highest BCUT2D eigenvalue weighted by Gasteiger charge is 2.33. The minimum atomic E-state index is -0.709. The van der Waals surface area contributed by atoms with Crippen molar-refractivity contribution in [3.8, 4) is 29.6 Å². The minimum Gasteiger partial charge on any atom is -0.497 e. The smallest absolute Gasteiger partial charge is 0.338 e. The number of benzene rings is 2. The van der Waals surface area contributed by atoms with E-state index in [0.29, 0.717) is 37.9 Å². The van der Waals surface area contributed by atoms with E-state index in [2.05, 4.69) is 10.9 Å². The molecule has 0 saturated heterocycles. The SMILES string of the molecule is C#CCOc1ccc(C=c2sc3n(c2=O)C(c2ccc(OC)cc2)C(C(=O)OC(C)C)=C(C)N=3)cc1OC. The van der Waals surface area contributed by atoms with Gasteiger partial charge in [0.2, 0.25) is 0 Å². The second-order valence-electron chi connectivity index (χ2n) is 8.71. The zero-order valence-corrected chi connectivity index (χ0v) is 22.6. The molecule has 0 N–H and O–H groups in total. The topological polar surface area (TPSA) is 88.4 Å². The van der Waals surface area contributed by atoms with Gasteiger partial charge in [-0.05, 0) is 62.2 Å². The highest BCUT2D eigenvalue weighted by Crippen LogP contribution is 2.32. The largest absolute Gasteiger partial charge is 0.497 e. The normalized spacial score (nSPS) is 15.0.